The van der Waals surface area contributed by atoms with Crippen LogP contribution in [0.15, 0.2) is 40.7 Å². The first-order valence-corrected chi connectivity index (χ1v) is 10.9. The molecule has 0 saturated carbocycles. The van der Waals surface area contributed by atoms with Crippen molar-refractivity contribution < 1.29 is 24.0 Å². The van der Waals surface area contributed by atoms with Crippen molar-refractivity contribution in [3.05, 3.63) is 51.3 Å². The van der Waals surface area contributed by atoms with Crippen LogP contribution in [0.2, 0.25) is 0 Å². The van der Waals surface area contributed by atoms with Crippen molar-refractivity contribution >= 4 is 23.3 Å². The second kappa shape index (κ2) is 10.8. The molecule has 2 aliphatic heterocycles. The van der Waals surface area contributed by atoms with Gasteiger partial charge in [-0.25, -0.2) is 9.79 Å². The second-order valence-electron chi connectivity index (χ2n) is 7.88. The monoisotopic (exact) mass is 453 g/mol. The molecule has 2 heterocycles. The first-order valence-electron chi connectivity index (χ1n) is 10.9. The van der Waals surface area contributed by atoms with E-state index in [1.807, 2.05) is 4.90 Å². The van der Waals surface area contributed by atoms with Gasteiger partial charge in [0.2, 0.25) is 0 Å². The number of carbonyl (C=O) groups excluding carboxylic acids is 2. The van der Waals surface area contributed by atoms with Gasteiger partial charge < -0.3 is 14.4 Å². The van der Waals surface area contributed by atoms with Gasteiger partial charge in [0.05, 0.1) is 17.1 Å². The van der Waals surface area contributed by atoms with E-state index < -0.39 is 28.7 Å². The van der Waals surface area contributed by atoms with E-state index in [4.69, 9.17) is 15.9 Å². The third kappa shape index (κ3) is 5.22. The number of benzene rings is 1. The van der Waals surface area contributed by atoms with Crippen LogP contribution in [0.5, 0.6) is 0 Å². The number of terminal acetylenes is 1. The SMILES string of the molecule is C#CCOC(=O)C1C(C)=NC(N2CCCCC2)=C(C(=O)OCC)C1c1cccc([N+](=O)[O-])c1. The van der Waals surface area contributed by atoms with Gasteiger partial charge in [0.15, 0.2) is 6.61 Å². The van der Waals surface area contributed by atoms with Crippen LogP contribution >= 0.6 is 0 Å². The molecule has 33 heavy (non-hydrogen) atoms. The third-order valence-electron chi connectivity index (χ3n) is 5.76. The predicted octanol–water partition coefficient (Wildman–Crippen LogP) is 3.21. The van der Waals surface area contributed by atoms with Gasteiger partial charge in [-0.1, -0.05) is 18.1 Å². The van der Waals surface area contributed by atoms with E-state index in [-0.39, 0.29) is 24.5 Å². The number of esters is 2. The fourth-order valence-corrected chi connectivity index (χ4v) is 4.32. The summed E-state index contributed by atoms with van der Waals surface area (Å²) >= 11 is 0. The van der Waals surface area contributed by atoms with Crippen LogP contribution in [0.1, 0.15) is 44.6 Å². The van der Waals surface area contributed by atoms with Crippen LogP contribution in [0.3, 0.4) is 0 Å². The van der Waals surface area contributed by atoms with Gasteiger partial charge in [0.25, 0.3) is 5.69 Å². The number of non-ortho nitro benzene ring substituents is 1. The van der Waals surface area contributed by atoms with E-state index in [1.165, 1.54) is 18.2 Å². The van der Waals surface area contributed by atoms with Crippen LogP contribution in [0.25, 0.3) is 0 Å². The van der Waals surface area contributed by atoms with E-state index in [0.29, 0.717) is 30.2 Å². The lowest BCUT2D eigenvalue weighted by molar-refractivity contribution is -0.384. The summed E-state index contributed by atoms with van der Waals surface area (Å²) in [6, 6.07) is 5.92. The molecule has 0 amide bonds. The fourth-order valence-electron chi connectivity index (χ4n) is 4.32. The molecule has 0 radical (unpaired) electrons. The molecule has 1 fully saturated rings. The number of rotatable bonds is 7. The van der Waals surface area contributed by atoms with Crippen molar-refractivity contribution in [3.63, 3.8) is 0 Å². The van der Waals surface area contributed by atoms with Gasteiger partial charge in [-0.05, 0) is 38.7 Å². The van der Waals surface area contributed by atoms with E-state index >= 15 is 0 Å². The first-order chi connectivity index (χ1) is 15.9. The molecule has 2 aliphatic rings. The predicted molar refractivity (Wildman–Crippen MR) is 121 cm³/mol. The summed E-state index contributed by atoms with van der Waals surface area (Å²) in [6.45, 7) is 4.70. The standard InChI is InChI=1S/C24H27N3O6/c1-4-14-33-23(28)19-16(3)25-22(26-12-7-6-8-13-26)21(24(29)32-5-2)20(19)17-10-9-11-18(15-17)27(30)31/h1,9-11,15,19-20H,5-8,12-14H2,2-3H3. The van der Waals surface area contributed by atoms with Crippen molar-refractivity contribution in [1.82, 2.24) is 4.90 Å². The summed E-state index contributed by atoms with van der Waals surface area (Å²) < 4.78 is 10.6. The molecule has 9 nitrogen and oxygen atoms in total. The summed E-state index contributed by atoms with van der Waals surface area (Å²) in [6.07, 6.45) is 8.23. The number of nitro benzene ring substituents is 1. The minimum atomic E-state index is -0.978. The summed E-state index contributed by atoms with van der Waals surface area (Å²) in [5.41, 5.74) is 0.930. The molecule has 0 spiro atoms. The Bertz CT molecular complexity index is 1030. The van der Waals surface area contributed by atoms with Crippen LogP contribution in [-0.2, 0) is 19.1 Å². The van der Waals surface area contributed by atoms with Gasteiger partial charge in [0, 0.05) is 36.9 Å². The van der Waals surface area contributed by atoms with E-state index in [0.717, 1.165) is 19.3 Å². The Morgan fingerprint density at radius 2 is 2.00 bits per heavy atom. The van der Waals surface area contributed by atoms with Crippen LogP contribution in [-0.4, -0.2) is 53.8 Å². The summed E-state index contributed by atoms with van der Waals surface area (Å²) in [5, 5.41) is 11.4. The van der Waals surface area contributed by atoms with Gasteiger partial charge in [0.1, 0.15) is 11.7 Å². The number of hydrogen-bond donors (Lipinski definition) is 0. The maximum atomic E-state index is 13.2. The smallest absolute Gasteiger partial charge is 0.338 e. The quantitative estimate of drug-likeness (QED) is 0.270. The van der Waals surface area contributed by atoms with Crippen molar-refractivity contribution in [2.24, 2.45) is 10.9 Å². The Balaban J connectivity index is 2.23. The molecule has 0 aliphatic carbocycles. The fraction of sp³-hybridized carbons (Fsp3) is 0.458. The van der Waals surface area contributed by atoms with Crippen molar-refractivity contribution in [2.75, 3.05) is 26.3 Å². The van der Waals surface area contributed by atoms with Crippen LogP contribution in [0.4, 0.5) is 5.69 Å². The molecular weight excluding hydrogens is 426 g/mol. The molecule has 1 aromatic carbocycles. The maximum absolute atomic E-state index is 13.2. The Labute approximate surface area is 192 Å². The number of nitrogens with zero attached hydrogens (tertiary/aromatic N) is 3. The Morgan fingerprint density at radius 1 is 1.27 bits per heavy atom. The highest BCUT2D eigenvalue weighted by Crippen LogP contribution is 2.42. The molecule has 0 bridgehead atoms. The summed E-state index contributed by atoms with van der Waals surface area (Å²) in [4.78, 5) is 43.9. The average Bonchev–Trinajstić information content (AvgIpc) is 2.82. The third-order valence-corrected chi connectivity index (χ3v) is 5.76. The molecule has 3 rings (SSSR count). The minimum Gasteiger partial charge on any atom is -0.463 e. The average molecular weight is 453 g/mol. The van der Waals surface area contributed by atoms with Crippen molar-refractivity contribution in [1.29, 1.82) is 0 Å². The summed E-state index contributed by atoms with van der Waals surface area (Å²) in [7, 11) is 0. The van der Waals surface area contributed by atoms with Crippen molar-refractivity contribution in [2.45, 2.75) is 39.0 Å². The Kier molecular flexibility index (Phi) is 7.83. The zero-order valence-electron chi connectivity index (χ0n) is 18.8. The molecule has 2 atom stereocenters. The molecule has 1 saturated heterocycles. The normalized spacial score (nSPS) is 20.5. The molecule has 9 heteroatoms. The topological polar surface area (TPSA) is 111 Å². The molecule has 0 aromatic heterocycles. The molecule has 0 N–H and O–H groups in total. The largest absolute Gasteiger partial charge is 0.463 e. The number of ether oxygens (including phenoxy) is 2. The van der Waals surface area contributed by atoms with Gasteiger partial charge >= 0.3 is 11.9 Å². The van der Waals surface area contributed by atoms with E-state index in [2.05, 4.69) is 10.9 Å². The molecule has 1 aromatic rings. The highest BCUT2D eigenvalue weighted by molar-refractivity contribution is 6.07. The second-order valence-corrected chi connectivity index (χ2v) is 7.88. The molecule has 2 unspecified atom stereocenters. The lowest BCUT2D eigenvalue weighted by Crippen LogP contribution is -2.41. The number of aliphatic imine (C=N–C) groups is 1. The van der Waals surface area contributed by atoms with Crippen molar-refractivity contribution in [3.8, 4) is 12.3 Å². The maximum Gasteiger partial charge on any atom is 0.338 e. The number of nitro groups is 1. The van der Waals surface area contributed by atoms with Crippen LogP contribution in [0, 0.1) is 28.4 Å². The van der Waals surface area contributed by atoms with E-state index in [9.17, 15) is 19.7 Å². The number of hydrogen-bond acceptors (Lipinski definition) is 8. The minimum absolute atomic E-state index is 0.131. The lowest BCUT2D eigenvalue weighted by atomic mass is 9.76. The van der Waals surface area contributed by atoms with Gasteiger partial charge in [-0.2, -0.15) is 0 Å². The van der Waals surface area contributed by atoms with E-state index in [1.54, 1.807) is 19.9 Å². The Morgan fingerprint density at radius 3 is 2.64 bits per heavy atom. The number of carbonyl (C=O) groups is 2. The Hall–Kier alpha value is -3.67. The number of piperidine rings is 1. The van der Waals surface area contributed by atoms with Gasteiger partial charge in [-0.15, -0.1) is 6.42 Å². The zero-order valence-corrected chi connectivity index (χ0v) is 18.8. The highest BCUT2D eigenvalue weighted by atomic mass is 16.6. The molecular formula is C24H27N3O6. The first kappa shape index (κ1) is 24.0. The van der Waals surface area contributed by atoms with Crippen LogP contribution < -0.4 is 0 Å². The highest BCUT2D eigenvalue weighted by Gasteiger charge is 2.44. The summed E-state index contributed by atoms with van der Waals surface area (Å²) in [5.74, 6) is -0.399. The lowest BCUT2D eigenvalue weighted by Gasteiger charge is -2.37. The van der Waals surface area contributed by atoms with Gasteiger partial charge in [-0.3, -0.25) is 14.9 Å². The number of likely N-dealkylation sites (tertiary alicyclic amines) is 1. The molecule has 174 valence electrons. The zero-order chi connectivity index (χ0) is 24.0.